The lowest BCUT2D eigenvalue weighted by atomic mass is 9.96. The highest BCUT2D eigenvalue weighted by atomic mass is 32.2. The number of carboxylic acid groups (broad SMARTS) is 1. The minimum absolute atomic E-state index is 0.0570. The molecule has 1 heterocycles. The fraction of sp³-hybridized carbons (Fsp3) is 0.846. The Kier molecular flexibility index (Phi) is 6.60. The van der Waals surface area contributed by atoms with Crippen LogP contribution in [0.15, 0.2) is 0 Å². The van der Waals surface area contributed by atoms with E-state index in [4.69, 9.17) is 5.11 Å². The molecular formula is C13H24N2O5S. The molecule has 8 heteroatoms. The first-order chi connectivity index (χ1) is 9.81. The zero-order valence-corrected chi connectivity index (χ0v) is 13.4. The minimum Gasteiger partial charge on any atom is -0.480 e. The molecule has 0 spiro atoms. The van der Waals surface area contributed by atoms with Crippen LogP contribution in [0, 0.1) is 5.92 Å². The van der Waals surface area contributed by atoms with Gasteiger partial charge in [-0.05, 0) is 26.2 Å². The number of piperidine rings is 1. The van der Waals surface area contributed by atoms with Crippen LogP contribution in [-0.4, -0.2) is 54.6 Å². The number of hydrogen-bond donors (Lipinski definition) is 2. The van der Waals surface area contributed by atoms with E-state index in [1.54, 1.807) is 6.92 Å². The molecule has 1 aliphatic rings. The molecule has 0 bridgehead atoms. The van der Waals surface area contributed by atoms with Gasteiger partial charge in [0.2, 0.25) is 15.9 Å². The fourth-order valence-electron chi connectivity index (χ4n) is 2.41. The second-order valence-electron chi connectivity index (χ2n) is 5.26. The summed E-state index contributed by atoms with van der Waals surface area (Å²) < 4.78 is 24.9. The quantitative estimate of drug-likeness (QED) is 0.707. The largest absolute Gasteiger partial charge is 0.480 e. The highest BCUT2D eigenvalue weighted by Crippen LogP contribution is 2.20. The molecule has 1 unspecified atom stereocenters. The van der Waals surface area contributed by atoms with Gasteiger partial charge in [0.1, 0.15) is 6.04 Å². The van der Waals surface area contributed by atoms with E-state index in [1.165, 1.54) is 4.31 Å². The number of rotatable bonds is 7. The van der Waals surface area contributed by atoms with Gasteiger partial charge in [-0.15, -0.1) is 0 Å². The summed E-state index contributed by atoms with van der Waals surface area (Å²) >= 11 is 0. The van der Waals surface area contributed by atoms with Crippen LogP contribution in [0.4, 0.5) is 0 Å². The number of carboxylic acids is 1. The van der Waals surface area contributed by atoms with Crippen molar-refractivity contribution in [2.24, 2.45) is 5.92 Å². The van der Waals surface area contributed by atoms with Gasteiger partial charge in [-0.25, -0.2) is 17.5 Å². The van der Waals surface area contributed by atoms with Crippen molar-refractivity contribution in [3.8, 4) is 0 Å². The third-order valence-corrected chi connectivity index (χ3v) is 5.66. The number of aliphatic carboxylic acids is 1. The summed E-state index contributed by atoms with van der Waals surface area (Å²) in [6.45, 7) is 4.09. The summed E-state index contributed by atoms with van der Waals surface area (Å²) in [5.41, 5.74) is 0. The number of amides is 1. The van der Waals surface area contributed by atoms with E-state index in [0.29, 0.717) is 38.8 Å². The standard InChI is InChI=1S/C13H24N2O5S/c1-3-5-11(13(17)18)14-12(16)10-6-8-15(9-7-10)21(19,20)4-2/h10-11H,3-9H2,1-2H3,(H,14,16)(H,17,18). The first-order valence-electron chi connectivity index (χ1n) is 7.32. The molecule has 122 valence electrons. The Bertz CT molecular complexity index is 469. The second-order valence-corrected chi connectivity index (χ2v) is 7.52. The van der Waals surface area contributed by atoms with E-state index in [0.717, 1.165) is 0 Å². The molecule has 0 aromatic carbocycles. The fourth-order valence-corrected chi connectivity index (χ4v) is 3.55. The van der Waals surface area contributed by atoms with Crippen molar-refractivity contribution in [3.05, 3.63) is 0 Å². The summed E-state index contributed by atoms with van der Waals surface area (Å²) in [5, 5.41) is 11.6. The van der Waals surface area contributed by atoms with Gasteiger partial charge in [-0.2, -0.15) is 0 Å². The van der Waals surface area contributed by atoms with E-state index < -0.39 is 22.0 Å². The summed E-state index contributed by atoms with van der Waals surface area (Å²) in [5.74, 6) is -1.57. The topological polar surface area (TPSA) is 104 Å². The van der Waals surface area contributed by atoms with Gasteiger partial charge in [-0.3, -0.25) is 4.79 Å². The highest BCUT2D eigenvalue weighted by Gasteiger charge is 2.31. The average Bonchev–Trinajstić information content (AvgIpc) is 2.46. The Morgan fingerprint density at radius 3 is 2.29 bits per heavy atom. The molecule has 0 radical (unpaired) electrons. The van der Waals surface area contributed by atoms with Gasteiger partial charge >= 0.3 is 5.97 Å². The highest BCUT2D eigenvalue weighted by molar-refractivity contribution is 7.89. The maximum atomic E-state index is 12.1. The number of sulfonamides is 1. The van der Waals surface area contributed by atoms with Crippen LogP contribution in [-0.2, 0) is 19.6 Å². The first-order valence-corrected chi connectivity index (χ1v) is 8.93. The van der Waals surface area contributed by atoms with Crippen LogP contribution in [0.25, 0.3) is 0 Å². The number of hydrogen-bond acceptors (Lipinski definition) is 4. The Hall–Kier alpha value is -1.15. The van der Waals surface area contributed by atoms with Gasteiger partial charge in [0.05, 0.1) is 5.75 Å². The summed E-state index contributed by atoms with van der Waals surface area (Å²) in [7, 11) is -3.21. The number of carbonyl (C=O) groups is 2. The van der Waals surface area contributed by atoms with E-state index in [-0.39, 0.29) is 17.6 Å². The molecule has 2 N–H and O–H groups in total. The third-order valence-electron chi connectivity index (χ3n) is 3.77. The summed E-state index contributed by atoms with van der Waals surface area (Å²) in [6.07, 6.45) is 1.93. The van der Waals surface area contributed by atoms with Gasteiger partial charge in [0.15, 0.2) is 0 Å². The van der Waals surface area contributed by atoms with E-state index >= 15 is 0 Å². The molecule has 1 fully saturated rings. The maximum Gasteiger partial charge on any atom is 0.326 e. The Morgan fingerprint density at radius 1 is 1.29 bits per heavy atom. The predicted molar refractivity (Wildman–Crippen MR) is 78.2 cm³/mol. The second kappa shape index (κ2) is 7.74. The van der Waals surface area contributed by atoms with Crippen LogP contribution < -0.4 is 5.32 Å². The van der Waals surface area contributed by atoms with Crippen LogP contribution in [0.1, 0.15) is 39.5 Å². The van der Waals surface area contributed by atoms with Crippen molar-refractivity contribution in [2.75, 3.05) is 18.8 Å². The maximum absolute atomic E-state index is 12.1. The zero-order chi connectivity index (χ0) is 16.0. The molecule has 1 rings (SSSR count). The van der Waals surface area contributed by atoms with Crippen molar-refractivity contribution >= 4 is 21.9 Å². The van der Waals surface area contributed by atoms with Crippen molar-refractivity contribution in [1.82, 2.24) is 9.62 Å². The normalized spacial score (nSPS) is 19.1. The SMILES string of the molecule is CCCC(NC(=O)C1CCN(S(=O)(=O)CC)CC1)C(=O)O. The van der Waals surface area contributed by atoms with Crippen LogP contribution >= 0.6 is 0 Å². The molecular weight excluding hydrogens is 296 g/mol. The lowest BCUT2D eigenvalue weighted by Crippen LogP contribution is -2.47. The monoisotopic (exact) mass is 320 g/mol. The molecule has 1 aliphatic heterocycles. The Labute approximate surface area is 125 Å². The molecule has 7 nitrogen and oxygen atoms in total. The first kappa shape index (κ1) is 17.9. The van der Waals surface area contributed by atoms with Crippen molar-refractivity contribution in [2.45, 2.75) is 45.6 Å². The summed E-state index contributed by atoms with van der Waals surface area (Å²) in [4.78, 5) is 23.1. The molecule has 1 amide bonds. The van der Waals surface area contributed by atoms with Gasteiger partial charge < -0.3 is 10.4 Å². The Balaban J connectivity index is 2.54. The minimum atomic E-state index is -3.21. The van der Waals surface area contributed by atoms with Gasteiger partial charge in [0.25, 0.3) is 0 Å². The van der Waals surface area contributed by atoms with E-state index in [2.05, 4.69) is 5.32 Å². The molecule has 0 aromatic heterocycles. The van der Waals surface area contributed by atoms with Crippen molar-refractivity contribution in [3.63, 3.8) is 0 Å². The molecule has 0 saturated carbocycles. The molecule has 21 heavy (non-hydrogen) atoms. The van der Waals surface area contributed by atoms with Crippen LogP contribution in [0.3, 0.4) is 0 Å². The van der Waals surface area contributed by atoms with Crippen molar-refractivity contribution < 1.29 is 23.1 Å². The smallest absolute Gasteiger partial charge is 0.326 e. The van der Waals surface area contributed by atoms with Crippen molar-refractivity contribution in [1.29, 1.82) is 0 Å². The van der Waals surface area contributed by atoms with E-state index in [9.17, 15) is 18.0 Å². The lowest BCUT2D eigenvalue weighted by molar-refractivity contribution is -0.142. The zero-order valence-electron chi connectivity index (χ0n) is 12.5. The number of carbonyl (C=O) groups excluding carboxylic acids is 1. The molecule has 1 atom stereocenters. The Morgan fingerprint density at radius 2 is 1.86 bits per heavy atom. The van der Waals surface area contributed by atoms with E-state index in [1.807, 2.05) is 6.92 Å². The molecule has 0 aliphatic carbocycles. The average molecular weight is 320 g/mol. The van der Waals surface area contributed by atoms with Gasteiger partial charge in [-0.1, -0.05) is 13.3 Å². The third kappa shape index (κ3) is 4.96. The van der Waals surface area contributed by atoms with Crippen LogP contribution in [0.2, 0.25) is 0 Å². The van der Waals surface area contributed by atoms with Crippen LogP contribution in [0.5, 0.6) is 0 Å². The number of nitrogens with zero attached hydrogens (tertiary/aromatic N) is 1. The van der Waals surface area contributed by atoms with Gasteiger partial charge in [0, 0.05) is 19.0 Å². The summed E-state index contributed by atoms with van der Waals surface area (Å²) in [6, 6.07) is -0.861. The molecule has 1 saturated heterocycles. The lowest BCUT2D eigenvalue weighted by Gasteiger charge is -2.30. The molecule has 0 aromatic rings. The predicted octanol–water partition coefficient (Wildman–Crippen LogP) is 0.418. The number of nitrogens with one attached hydrogen (secondary N) is 1.